The molecule has 2 heterocycles. The molecular weight excluding hydrogens is 322 g/mol. The van der Waals surface area contributed by atoms with Gasteiger partial charge in [-0.3, -0.25) is 0 Å². The standard InChI is InChI=1S/C22H21N3O/c1-14-8-4-5-9-16(14)21-17-10-6-7-11-18(17)24-22(25-21)19-12-13-20(26-3)15(2)23-19/h4-5,8-13H,6-7H2,1-3H3. The molecular formula is C22H21N3O. The average molecular weight is 343 g/mol. The monoisotopic (exact) mass is 343 g/mol. The van der Waals surface area contributed by atoms with Crippen molar-refractivity contribution in [3.63, 3.8) is 0 Å². The van der Waals surface area contributed by atoms with E-state index in [9.17, 15) is 0 Å². The molecule has 4 nitrogen and oxygen atoms in total. The summed E-state index contributed by atoms with van der Waals surface area (Å²) < 4.78 is 5.32. The summed E-state index contributed by atoms with van der Waals surface area (Å²) in [7, 11) is 1.65. The highest BCUT2D eigenvalue weighted by Gasteiger charge is 2.13. The van der Waals surface area contributed by atoms with Crippen LogP contribution in [0.5, 0.6) is 5.75 Å². The quantitative estimate of drug-likeness (QED) is 0.733. The van der Waals surface area contributed by atoms with E-state index in [1.807, 2.05) is 19.1 Å². The smallest absolute Gasteiger partial charge is 0.179 e. The second-order valence-corrected chi connectivity index (χ2v) is 6.48. The van der Waals surface area contributed by atoms with Gasteiger partial charge < -0.3 is 4.74 Å². The molecule has 0 saturated carbocycles. The van der Waals surface area contributed by atoms with Gasteiger partial charge in [0, 0.05) is 10.8 Å². The Hall–Kier alpha value is -3.01. The molecule has 0 radical (unpaired) electrons. The highest BCUT2D eigenvalue weighted by Crippen LogP contribution is 2.23. The first-order valence-corrected chi connectivity index (χ1v) is 8.84. The van der Waals surface area contributed by atoms with Crippen molar-refractivity contribution in [1.29, 1.82) is 0 Å². The Balaban J connectivity index is 1.98. The zero-order valence-corrected chi connectivity index (χ0v) is 15.3. The molecule has 0 saturated heterocycles. The molecule has 4 rings (SSSR count). The van der Waals surface area contributed by atoms with Crippen molar-refractivity contribution in [1.82, 2.24) is 15.0 Å². The zero-order valence-electron chi connectivity index (χ0n) is 15.3. The second kappa shape index (κ2) is 6.71. The van der Waals surface area contributed by atoms with Crippen LogP contribution in [-0.4, -0.2) is 22.1 Å². The number of aromatic nitrogens is 3. The maximum atomic E-state index is 5.32. The molecule has 4 heteroatoms. The third kappa shape index (κ3) is 2.88. The third-order valence-corrected chi connectivity index (χ3v) is 4.71. The first-order chi connectivity index (χ1) is 12.7. The normalized spacial score (nSPS) is 12.7. The number of benzene rings is 1. The Kier molecular flexibility index (Phi) is 4.25. The highest BCUT2D eigenvalue weighted by atomic mass is 16.5. The van der Waals surface area contributed by atoms with Crippen molar-refractivity contribution >= 4 is 12.2 Å². The van der Waals surface area contributed by atoms with Crippen molar-refractivity contribution in [2.45, 2.75) is 26.7 Å². The minimum atomic E-state index is 0.652. The molecule has 0 fully saturated rings. The molecule has 1 aliphatic carbocycles. The van der Waals surface area contributed by atoms with E-state index in [2.05, 4.69) is 48.3 Å². The molecule has 0 amide bonds. The van der Waals surface area contributed by atoms with Gasteiger partial charge in [0.05, 0.1) is 23.8 Å². The fourth-order valence-corrected chi connectivity index (χ4v) is 3.34. The molecule has 1 aromatic carbocycles. The lowest BCUT2D eigenvalue weighted by atomic mass is 10.0. The fourth-order valence-electron chi connectivity index (χ4n) is 3.34. The van der Waals surface area contributed by atoms with Crippen LogP contribution in [0.2, 0.25) is 0 Å². The van der Waals surface area contributed by atoms with Gasteiger partial charge in [-0.15, -0.1) is 0 Å². The number of hydrogen-bond acceptors (Lipinski definition) is 4. The summed E-state index contributed by atoms with van der Waals surface area (Å²) >= 11 is 0. The van der Waals surface area contributed by atoms with Gasteiger partial charge in [0.1, 0.15) is 11.4 Å². The van der Waals surface area contributed by atoms with Crippen LogP contribution in [0.1, 0.15) is 24.1 Å². The lowest BCUT2D eigenvalue weighted by Gasteiger charge is -2.12. The number of nitrogens with zero attached hydrogens (tertiary/aromatic N) is 3. The first-order valence-electron chi connectivity index (χ1n) is 8.84. The number of rotatable bonds is 3. The number of ether oxygens (including phenoxy) is 1. The Bertz CT molecular complexity index is 1100. The summed E-state index contributed by atoms with van der Waals surface area (Å²) in [5.74, 6) is 1.42. The lowest BCUT2D eigenvalue weighted by Crippen LogP contribution is -2.34. The molecule has 0 N–H and O–H groups in total. The molecule has 0 bridgehead atoms. The van der Waals surface area contributed by atoms with Gasteiger partial charge in [-0.25, -0.2) is 15.0 Å². The fraction of sp³-hybridized carbons (Fsp3) is 0.227. The van der Waals surface area contributed by atoms with Crippen LogP contribution in [0, 0.1) is 13.8 Å². The van der Waals surface area contributed by atoms with Crippen molar-refractivity contribution < 1.29 is 4.74 Å². The minimum Gasteiger partial charge on any atom is -0.495 e. The Labute approximate surface area is 152 Å². The molecule has 0 aliphatic heterocycles. The third-order valence-electron chi connectivity index (χ3n) is 4.71. The summed E-state index contributed by atoms with van der Waals surface area (Å²) in [6, 6.07) is 12.2. The molecule has 26 heavy (non-hydrogen) atoms. The van der Waals surface area contributed by atoms with E-state index in [0.29, 0.717) is 5.82 Å². The summed E-state index contributed by atoms with van der Waals surface area (Å²) in [6.07, 6.45) is 6.46. The van der Waals surface area contributed by atoms with E-state index in [-0.39, 0.29) is 0 Å². The zero-order chi connectivity index (χ0) is 18.1. The van der Waals surface area contributed by atoms with E-state index in [1.54, 1.807) is 7.11 Å². The predicted molar refractivity (Wildman–Crippen MR) is 104 cm³/mol. The molecule has 130 valence electrons. The first kappa shape index (κ1) is 16.5. The summed E-state index contributed by atoms with van der Waals surface area (Å²) in [5.41, 5.74) is 4.93. The number of pyridine rings is 1. The Morgan fingerprint density at radius 2 is 1.69 bits per heavy atom. The van der Waals surface area contributed by atoms with Gasteiger partial charge in [0.15, 0.2) is 5.82 Å². The summed E-state index contributed by atoms with van der Waals surface area (Å²) in [4.78, 5) is 14.4. The van der Waals surface area contributed by atoms with E-state index in [4.69, 9.17) is 14.7 Å². The van der Waals surface area contributed by atoms with Crippen LogP contribution < -0.4 is 15.3 Å². The lowest BCUT2D eigenvalue weighted by molar-refractivity contribution is 0.409. The van der Waals surface area contributed by atoms with E-state index < -0.39 is 0 Å². The van der Waals surface area contributed by atoms with Crippen LogP contribution >= 0.6 is 0 Å². The van der Waals surface area contributed by atoms with Gasteiger partial charge in [-0.2, -0.15) is 0 Å². The van der Waals surface area contributed by atoms with Gasteiger partial charge in [-0.1, -0.05) is 36.4 Å². The predicted octanol–water partition coefficient (Wildman–Crippen LogP) is 3.19. The van der Waals surface area contributed by atoms with Gasteiger partial charge >= 0.3 is 0 Å². The molecule has 0 unspecified atom stereocenters. The van der Waals surface area contributed by atoms with Crippen molar-refractivity contribution in [2.75, 3.05) is 7.11 Å². The van der Waals surface area contributed by atoms with Crippen LogP contribution in [-0.2, 0) is 0 Å². The van der Waals surface area contributed by atoms with E-state index in [0.717, 1.165) is 51.8 Å². The van der Waals surface area contributed by atoms with E-state index >= 15 is 0 Å². The molecule has 0 atom stereocenters. The topological polar surface area (TPSA) is 47.9 Å². The second-order valence-electron chi connectivity index (χ2n) is 6.48. The van der Waals surface area contributed by atoms with Crippen molar-refractivity contribution in [3.8, 4) is 28.5 Å². The SMILES string of the molecule is COc1ccc(-c2nc(-c3ccccc3C)c3c(n2)=CCCC=3)nc1C. The van der Waals surface area contributed by atoms with Gasteiger partial charge in [0.25, 0.3) is 0 Å². The number of hydrogen-bond donors (Lipinski definition) is 0. The maximum absolute atomic E-state index is 5.32. The van der Waals surface area contributed by atoms with Crippen molar-refractivity contribution in [2.24, 2.45) is 0 Å². The van der Waals surface area contributed by atoms with E-state index in [1.165, 1.54) is 5.56 Å². The minimum absolute atomic E-state index is 0.652. The van der Waals surface area contributed by atoms with Gasteiger partial charge in [-0.05, 0) is 44.4 Å². The molecule has 3 aromatic rings. The molecule has 1 aliphatic rings. The van der Waals surface area contributed by atoms with Gasteiger partial charge in [0.2, 0.25) is 0 Å². The maximum Gasteiger partial charge on any atom is 0.179 e. The number of methoxy groups -OCH3 is 1. The number of aryl methyl sites for hydroxylation is 2. The van der Waals surface area contributed by atoms with Crippen LogP contribution in [0.15, 0.2) is 36.4 Å². The van der Waals surface area contributed by atoms with Crippen LogP contribution in [0.25, 0.3) is 34.9 Å². The molecule has 0 spiro atoms. The van der Waals surface area contributed by atoms with Crippen LogP contribution in [0.4, 0.5) is 0 Å². The summed E-state index contributed by atoms with van der Waals surface area (Å²) in [5, 5.41) is 2.12. The average Bonchev–Trinajstić information content (AvgIpc) is 2.67. The summed E-state index contributed by atoms with van der Waals surface area (Å²) in [6.45, 7) is 4.05. The largest absolute Gasteiger partial charge is 0.495 e. The van der Waals surface area contributed by atoms with Crippen LogP contribution in [0.3, 0.4) is 0 Å². The Morgan fingerprint density at radius 1 is 0.885 bits per heavy atom. The highest BCUT2D eigenvalue weighted by molar-refractivity contribution is 5.68. The Morgan fingerprint density at radius 3 is 2.46 bits per heavy atom. The van der Waals surface area contributed by atoms with Crippen molar-refractivity contribution in [3.05, 3.63) is 58.2 Å². The number of fused-ring (bicyclic) bond motifs is 1. The molecule has 2 aromatic heterocycles.